The summed E-state index contributed by atoms with van der Waals surface area (Å²) in [7, 11) is -1.37. The molecule has 0 aromatic heterocycles. The van der Waals surface area contributed by atoms with Gasteiger partial charge in [-0.3, -0.25) is 4.90 Å². The molecule has 0 saturated carbocycles. The molecule has 2 heterocycles. The SMILES string of the molecule is Cc1ccc(S(=O)(=O)N2C[C@@H]3COC[C@H](C2)N(C)C3)cc1. The summed E-state index contributed by atoms with van der Waals surface area (Å²) in [5.41, 5.74) is 1.06. The Morgan fingerprint density at radius 2 is 1.81 bits per heavy atom. The molecular weight excluding hydrogens is 288 g/mol. The fourth-order valence-electron chi connectivity index (χ4n) is 3.06. The van der Waals surface area contributed by atoms with Gasteiger partial charge in [-0.15, -0.1) is 0 Å². The van der Waals surface area contributed by atoms with Crippen LogP contribution in [0.15, 0.2) is 29.2 Å². The summed E-state index contributed by atoms with van der Waals surface area (Å²) in [6.45, 7) is 5.14. The molecule has 0 aliphatic carbocycles. The molecule has 0 amide bonds. The second kappa shape index (κ2) is 5.68. The molecule has 0 spiro atoms. The fourth-order valence-corrected chi connectivity index (χ4v) is 4.62. The van der Waals surface area contributed by atoms with E-state index in [4.69, 9.17) is 4.74 Å². The molecule has 2 fully saturated rings. The highest BCUT2D eigenvalue weighted by molar-refractivity contribution is 7.89. The Kier molecular flexibility index (Phi) is 4.05. The molecule has 2 aliphatic rings. The average molecular weight is 310 g/mol. The molecule has 0 unspecified atom stereocenters. The van der Waals surface area contributed by atoms with Crippen molar-refractivity contribution in [1.82, 2.24) is 9.21 Å². The number of hydrogen-bond acceptors (Lipinski definition) is 4. The highest BCUT2D eigenvalue weighted by atomic mass is 32.2. The van der Waals surface area contributed by atoms with Gasteiger partial charge in [0, 0.05) is 31.6 Å². The molecular formula is C15H22N2O3S. The van der Waals surface area contributed by atoms with Gasteiger partial charge in [0.25, 0.3) is 0 Å². The summed E-state index contributed by atoms with van der Waals surface area (Å²) < 4.78 is 33.0. The highest BCUT2D eigenvalue weighted by Crippen LogP contribution is 2.24. The fraction of sp³-hybridized carbons (Fsp3) is 0.600. The summed E-state index contributed by atoms with van der Waals surface area (Å²) in [5, 5.41) is 0. The number of benzene rings is 1. The lowest BCUT2D eigenvalue weighted by atomic mass is 10.1. The Hall–Kier alpha value is -0.950. The minimum Gasteiger partial charge on any atom is -0.379 e. The molecule has 6 heteroatoms. The van der Waals surface area contributed by atoms with Crippen molar-refractivity contribution in [3.63, 3.8) is 0 Å². The smallest absolute Gasteiger partial charge is 0.243 e. The van der Waals surface area contributed by atoms with E-state index in [-0.39, 0.29) is 12.0 Å². The number of likely N-dealkylation sites (N-methyl/N-ethyl adjacent to an activating group) is 1. The summed E-state index contributed by atoms with van der Waals surface area (Å²) in [4.78, 5) is 2.61. The first-order valence-electron chi connectivity index (χ1n) is 7.31. The Morgan fingerprint density at radius 1 is 1.10 bits per heavy atom. The molecule has 2 bridgehead atoms. The molecule has 1 aromatic carbocycles. The van der Waals surface area contributed by atoms with Gasteiger partial charge in [-0.2, -0.15) is 4.31 Å². The van der Waals surface area contributed by atoms with E-state index in [1.165, 1.54) is 0 Å². The van der Waals surface area contributed by atoms with E-state index >= 15 is 0 Å². The summed E-state index contributed by atoms with van der Waals surface area (Å²) in [6, 6.07) is 7.23. The predicted molar refractivity (Wildman–Crippen MR) is 80.7 cm³/mol. The third-order valence-electron chi connectivity index (χ3n) is 4.37. The maximum atomic E-state index is 12.9. The minimum absolute atomic E-state index is 0.137. The van der Waals surface area contributed by atoms with Crippen molar-refractivity contribution in [2.24, 2.45) is 5.92 Å². The van der Waals surface area contributed by atoms with E-state index in [1.807, 2.05) is 26.1 Å². The van der Waals surface area contributed by atoms with Gasteiger partial charge < -0.3 is 4.74 Å². The number of fused-ring (bicyclic) bond motifs is 3. The molecule has 2 atom stereocenters. The number of aryl methyl sites for hydroxylation is 1. The molecule has 3 rings (SSSR count). The van der Waals surface area contributed by atoms with E-state index < -0.39 is 10.0 Å². The van der Waals surface area contributed by atoms with Crippen LogP contribution in [0.3, 0.4) is 0 Å². The molecule has 1 aromatic rings. The van der Waals surface area contributed by atoms with Gasteiger partial charge in [-0.05, 0) is 26.1 Å². The Balaban J connectivity index is 1.90. The van der Waals surface area contributed by atoms with Crippen LogP contribution in [0.1, 0.15) is 5.56 Å². The zero-order valence-corrected chi connectivity index (χ0v) is 13.3. The van der Waals surface area contributed by atoms with Crippen LogP contribution in [0, 0.1) is 12.8 Å². The standard InChI is InChI=1S/C15H22N2O3S/c1-12-3-5-15(6-4-12)21(18,19)17-8-13-7-16(2)14(9-17)11-20-10-13/h3-6,13-14H,7-11H2,1-2H3/t13-,14+/m1/s1. The first-order valence-corrected chi connectivity index (χ1v) is 8.75. The average Bonchev–Trinajstić information content (AvgIpc) is 2.67. The van der Waals surface area contributed by atoms with Gasteiger partial charge in [0.1, 0.15) is 0 Å². The summed E-state index contributed by atoms with van der Waals surface area (Å²) >= 11 is 0. The van der Waals surface area contributed by atoms with E-state index in [1.54, 1.807) is 16.4 Å². The summed E-state index contributed by atoms with van der Waals surface area (Å²) in [5.74, 6) is 0.239. The maximum absolute atomic E-state index is 12.9. The maximum Gasteiger partial charge on any atom is 0.243 e. The number of ether oxygens (including phenoxy) is 1. The number of nitrogens with zero attached hydrogens (tertiary/aromatic N) is 2. The summed E-state index contributed by atoms with van der Waals surface area (Å²) in [6.07, 6.45) is 0. The van der Waals surface area contributed by atoms with Crippen LogP contribution < -0.4 is 0 Å². The molecule has 2 saturated heterocycles. The van der Waals surface area contributed by atoms with E-state index in [2.05, 4.69) is 4.90 Å². The minimum atomic E-state index is -3.42. The lowest BCUT2D eigenvalue weighted by Gasteiger charge is -2.29. The molecule has 21 heavy (non-hydrogen) atoms. The number of rotatable bonds is 2. The number of sulfonamides is 1. The topological polar surface area (TPSA) is 49.9 Å². The Morgan fingerprint density at radius 3 is 2.52 bits per heavy atom. The van der Waals surface area contributed by atoms with Gasteiger partial charge in [0.05, 0.1) is 18.1 Å². The molecule has 5 nitrogen and oxygen atoms in total. The van der Waals surface area contributed by atoms with E-state index in [0.29, 0.717) is 31.2 Å². The zero-order chi connectivity index (χ0) is 15.0. The van der Waals surface area contributed by atoms with Crippen LogP contribution in [0.4, 0.5) is 0 Å². The Bertz CT molecular complexity index is 600. The number of hydrogen-bond donors (Lipinski definition) is 0. The van der Waals surface area contributed by atoms with Gasteiger partial charge in [0.2, 0.25) is 10.0 Å². The van der Waals surface area contributed by atoms with Crippen LogP contribution in [-0.2, 0) is 14.8 Å². The second-order valence-corrected chi connectivity index (χ2v) is 8.07. The highest BCUT2D eigenvalue weighted by Gasteiger charge is 2.36. The Labute approximate surface area is 126 Å². The first kappa shape index (κ1) is 15.0. The molecule has 0 radical (unpaired) electrons. The van der Waals surface area contributed by atoms with E-state index in [0.717, 1.165) is 12.1 Å². The van der Waals surface area contributed by atoms with Crippen LogP contribution in [0.2, 0.25) is 0 Å². The van der Waals surface area contributed by atoms with Crippen LogP contribution >= 0.6 is 0 Å². The lowest BCUT2D eigenvalue weighted by Crippen LogP contribution is -2.44. The van der Waals surface area contributed by atoms with Crippen molar-refractivity contribution in [3.05, 3.63) is 29.8 Å². The first-order chi connectivity index (χ1) is 9.96. The van der Waals surface area contributed by atoms with Gasteiger partial charge >= 0.3 is 0 Å². The van der Waals surface area contributed by atoms with Gasteiger partial charge in [0.15, 0.2) is 0 Å². The van der Waals surface area contributed by atoms with Crippen molar-refractivity contribution in [2.45, 2.75) is 17.9 Å². The van der Waals surface area contributed by atoms with Gasteiger partial charge in [-0.25, -0.2) is 8.42 Å². The lowest BCUT2D eigenvalue weighted by molar-refractivity contribution is 0.0727. The zero-order valence-electron chi connectivity index (χ0n) is 12.5. The predicted octanol–water partition coefficient (Wildman–Crippen LogP) is 0.946. The van der Waals surface area contributed by atoms with Crippen molar-refractivity contribution >= 4 is 10.0 Å². The second-order valence-electron chi connectivity index (χ2n) is 6.13. The third kappa shape index (κ3) is 2.99. The third-order valence-corrected chi connectivity index (χ3v) is 6.21. The normalized spacial score (nSPS) is 28.3. The van der Waals surface area contributed by atoms with Crippen molar-refractivity contribution < 1.29 is 13.2 Å². The van der Waals surface area contributed by atoms with E-state index in [9.17, 15) is 8.42 Å². The van der Waals surface area contributed by atoms with Crippen molar-refractivity contribution in [2.75, 3.05) is 39.9 Å². The molecule has 2 aliphatic heterocycles. The van der Waals surface area contributed by atoms with Crippen molar-refractivity contribution in [3.8, 4) is 0 Å². The van der Waals surface area contributed by atoms with Crippen LogP contribution in [0.25, 0.3) is 0 Å². The molecule has 0 N–H and O–H groups in total. The largest absolute Gasteiger partial charge is 0.379 e. The van der Waals surface area contributed by atoms with Gasteiger partial charge in [-0.1, -0.05) is 17.7 Å². The van der Waals surface area contributed by atoms with Crippen LogP contribution in [0.5, 0.6) is 0 Å². The molecule has 116 valence electrons. The quantitative estimate of drug-likeness (QED) is 0.816. The van der Waals surface area contributed by atoms with Crippen molar-refractivity contribution in [1.29, 1.82) is 0 Å². The van der Waals surface area contributed by atoms with Crippen LogP contribution in [-0.4, -0.2) is 63.6 Å². The monoisotopic (exact) mass is 310 g/mol.